The predicted octanol–water partition coefficient (Wildman–Crippen LogP) is 4.66. The molecule has 0 aliphatic carbocycles. The van der Waals surface area contributed by atoms with E-state index in [1.807, 2.05) is 17.0 Å². The van der Waals surface area contributed by atoms with Gasteiger partial charge in [0.15, 0.2) is 0 Å². The van der Waals surface area contributed by atoms with E-state index >= 15 is 0 Å². The second-order valence-corrected chi connectivity index (χ2v) is 7.16. The smallest absolute Gasteiger partial charge is 0.322 e. The maximum absolute atomic E-state index is 12.9. The zero-order valence-electron chi connectivity index (χ0n) is 15.3. The number of amides is 2. The molecule has 0 fully saturated rings. The van der Waals surface area contributed by atoms with Crippen LogP contribution >= 0.6 is 0 Å². The van der Waals surface area contributed by atoms with E-state index in [4.69, 9.17) is 0 Å². The van der Waals surface area contributed by atoms with Crippen molar-refractivity contribution in [1.82, 2.24) is 9.47 Å². The minimum Gasteiger partial charge on any atom is -0.345 e. The van der Waals surface area contributed by atoms with Gasteiger partial charge in [-0.3, -0.25) is 0 Å². The van der Waals surface area contributed by atoms with E-state index in [0.717, 1.165) is 18.8 Å². The molecule has 24 heavy (non-hydrogen) atoms. The summed E-state index contributed by atoms with van der Waals surface area (Å²) in [4.78, 5) is 14.9. The molecule has 2 aromatic rings. The van der Waals surface area contributed by atoms with Crippen molar-refractivity contribution >= 4 is 11.7 Å². The van der Waals surface area contributed by atoms with E-state index in [1.165, 1.54) is 22.5 Å². The van der Waals surface area contributed by atoms with Crippen molar-refractivity contribution in [2.75, 3.05) is 11.9 Å². The molecule has 0 saturated carbocycles. The van der Waals surface area contributed by atoms with Crippen molar-refractivity contribution in [3.63, 3.8) is 0 Å². The van der Waals surface area contributed by atoms with Crippen molar-refractivity contribution in [2.45, 2.75) is 47.2 Å². The van der Waals surface area contributed by atoms with Crippen LogP contribution in [0.1, 0.15) is 42.4 Å². The van der Waals surface area contributed by atoms with E-state index in [2.05, 4.69) is 62.7 Å². The van der Waals surface area contributed by atoms with Crippen LogP contribution in [0.5, 0.6) is 0 Å². The number of fused-ring (bicyclic) bond motifs is 1. The highest BCUT2D eigenvalue weighted by atomic mass is 16.2. The monoisotopic (exact) mass is 325 g/mol. The molecule has 0 radical (unpaired) electrons. The summed E-state index contributed by atoms with van der Waals surface area (Å²) in [6, 6.07) is 10.5. The Bertz CT molecular complexity index is 760. The normalized spacial score (nSPS) is 17.1. The van der Waals surface area contributed by atoms with Gasteiger partial charge in [-0.1, -0.05) is 19.9 Å². The Morgan fingerprint density at radius 1 is 1.08 bits per heavy atom. The Hall–Kier alpha value is -2.23. The van der Waals surface area contributed by atoms with Gasteiger partial charge in [-0.15, -0.1) is 0 Å². The summed E-state index contributed by atoms with van der Waals surface area (Å²) in [7, 11) is 0. The van der Waals surface area contributed by atoms with Gasteiger partial charge in [0, 0.05) is 30.2 Å². The molecule has 1 atom stereocenters. The number of rotatable bonds is 2. The van der Waals surface area contributed by atoms with Crippen LogP contribution in [-0.2, 0) is 6.54 Å². The Morgan fingerprint density at radius 2 is 1.83 bits per heavy atom. The number of nitrogens with zero attached hydrogens (tertiary/aromatic N) is 2. The Balaban J connectivity index is 1.84. The fourth-order valence-electron chi connectivity index (χ4n) is 3.60. The first-order valence-corrected chi connectivity index (χ1v) is 8.69. The standard InChI is InChI=1S/C20H27N3O/c1-13(2)19-18-9-7-16(5)22(18)10-11-23(19)20(24)21-17-8-6-14(3)15(4)12-17/h6-9,12-13,19H,10-11H2,1-5H3,(H,21,24). The lowest BCUT2D eigenvalue weighted by Crippen LogP contribution is -2.46. The number of hydrogen-bond donors (Lipinski definition) is 1. The second-order valence-electron chi connectivity index (χ2n) is 7.16. The Kier molecular flexibility index (Phi) is 4.39. The first-order valence-electron chi connectivity index (χ1n) is 8.69. The van der Waals surface area contributed by atoms with Crippen LogP contribution in [0.4, 0.5) is 10.5 Å². The third-order valence-corrected chi connectivity index (χ3v) is 5.09. The average Bonchev–Trinajstić information content (AvgIpc) is 2.91. The molecule has 128 valence electrons. The molecule has 1 N–H and O–H groups in total. The lowest BCUT2D eigenvalue weighted by molar-refractivity contribution is 0.143. The molecule has 2 amide bonds. The van der Waals surface area contributed by atoms with E-state index < -0.39 is 0 Å². The number of anilines is 1. The summed E-state index contributed by atoms with van der Waals surface area (Å²) < 4.78 is 2.34. The van der Waals surface area contributed by atoms with Gasteiger partial charge in [0.1, 0.15) is 0 Å². The average molecular weight is 325 g/mol. The molecule has 1 aromatic carbocycles. The van der Waals surface area contributed by atoms with Crippen molar-refractivity contribution in [2.24, 2.45) is 5.92 Å². The molecule has 2 heterocycles. The van der Waals surface area contributed by atoms with Crippen molar-refractivity contribution in [3.05, 3.63) is 52.8 Å². The fraction of sp³-hybridized carbons (Fsp3) is 0.450. The fourth-order valence-corrected chi connectivity index (χ4v) is 3.60. The van der Waals surface area contributed by atoms with Crippen molar-refractivity contribution in [3.8, 4) is 0 Å². The number of aryl methyl sites for hydroxylation is 3. The first-order chi connectivity index (χ1) is 11.4. The molecule has 1 aliphatic heterocycles. The summed E-state index contributed by atoms with van der Waals surface area (Å²) in [5.41, 5.74) is 5.80. The van der Waals surface area contributed by atoms with Gasteiger partial charge in [-0.05, 0) is 62.1 Å². The highest BCUT2D eigenvalue weighted by Gasteiger charge is 2.33. The lowest BCUT2D eigenvalue weighted by atomic mass is 9.97. The van der Waals surface area contributed by atoms with Gasteiger partial charge in [-0.2, -0.15) is 0 Å². The van der Waals surface area contributed by atoms with Gasteiger partial charge < -0.3 is 14.8 Å². The summed E-state index contributed by atoms with van der Waals surface area (Å²) in [6.45, 7) is 12.2. The van der Waals surface area contributed by atoms with Gasteiger partial charge in [0.2, 0.25) is 0 Å². The molecular formula is C20H27N3O. The SMILES string of the molecule is Cc1ccc(NC(=O)N2CCn3c(C)ccc3C2C(C)C)cc1C. The molecule has 1 aliphatic rings. The molecule has 0 bridgehead atoms. The highest BCUT2D eigenvalue weighted by Crippen LogP contribution is 2.34. The third kappa shape index (κ3) is 2.93. The molecule has 4 nitrogen and oxygen atoms in total. The highest BCUT2D eigenvalue weighted by molar-refractivity contribution is 5.89. The van der Waals surface area contributed by atoms with E-state index in [9.17, 15) is 4.79 Å². The molecule has 1 aromatic heterocycles. The topological polar surface area (TPSA) is 37.3 Å². The quantitative estimate of drug-likeness (QED) is 0.857. The van der Waals surface area contributed by atoms with Crippen LogP contribution in [0, 0.1) is 26.7 Å². The van der Waals surface area contributed by atoms with E-state index in [-0.39, 0.29) is 12.1 Å². The molecule has 4 heteroatoms. The van der Waals surface area contributed by atoms with Crippen LogP contribution in [0.2, 0.25) is 0 Å². The zero-order chi connectivity index (χ0) is 17.4. The summed E-state index contributed by atoms with van der Waals surface area (Å²) >= 11 is 0. The number of urea groups is 1. The van der Waals surface area contributed by atoms with Crippen LogP contribution in [0.25, 0.3) is 0 Å². The molecule has 1 unspecified atom stereocenters. The van der Waals surface area contributed by atoms with Gasteiger partial charge in [0.05, 0.1) is 6.04 Å². The van der Waals surface area contributed by atoms with Crippen LogP contribution < -0.4 is 5.32 Å². The molecule has 0 saturated heterocycles. The van der Waals surface area contributed by atoms with Crippen LogP contribution in [-0.4, -0.2) is 22.0 Å². The number of aromatic nitrogens is 1. The zero-order valence-corrected chi connectivity index (χ0v) is 15.3. The summed E-state index contributed by atoms with van der Waals surface area (Å²) in [6.07, 6.45) is 0. The maximum atomic E-state index is 12.9. The number of hydrogen-bond acceptors (Lipinski definition) is 1. The second kappa shape index (κ2) is 6.34. The van der Waals surface area contributed by atoms with Crippen molar-refractivity contribution in [1.29, 1.82) is 0 Å². The van der Waals surface area contributed by atoms with Gasteiger partial charge >= 0.3 is 6.03 Å². The first kappa shape index (κ1) is 16.6. The number of carbonyl (C=O) groups is 1. The minimum absolute atomic E-state index is 0.0120. The van der Waals surface area contributed by atoms with Crippen LogP contribution in [0.15, 0.2) is 30.3 Å². The maximum Gasteiger partial charge on any atom is 0.322 e. The number of benzene rings is 1. The van der Waals surface area contributed by atoms with E-state index in [0.29, 0.717) is 5.92 Å². The molecule has 0 spiro atoms. The Labute approximate surface area is 144 Å². The number of carbonyl (C=O) groups excluding carboxylic acids is 1. The van der Waals surface area contributed by atoms with Gasteiger partial charge in [-0.25, -0.2) is 4.79 Å². The number of nitrogens with one attached hydrogen (secondary N) is 1. The van der Waals surface area contributed by atoms with E-state index in [1.54, 1.807) is 0 Å². The predicted molar refractivity (Wildman–Crippen MR) is 98.4 cm³/mol. The minimum atomic E-state index is -0.0120. The summed E-state index contributed by atoms with van der Waals surface area (Å²) in [5.74, 6) is 0.365. The third-order valence-electron chi connectivity index (χ3n) is 5.09. The van der Waals surface area contributed by atoms with Crippen LogP contribution in [0.3, 0.4) is 0 Å². The molecule has 3 rings (SSSR count). The lowest BCUT2D eigenvalue weighted by Gasteiger charge is -2.39. The molecular weight excluding hydrogens is 298 g/mol. The van der Waals surface area contributed by atoms with Gasteiger partial charge in [0.25, 0.3) is 0 Å². The van der Waals surface area contributed by atoms with Crippen molar-refractivity contribution < 1.29 is 4.79 Å². The Morgan fingerprint density at radius 3 is 2.50 bits per heavy atom. The largest absolute Gasteiger partial charge is 0.345 e. The summed E-state index contributed by atoms with van der Waals surface area (Å²) in [5, 5.41) is 3.08.